The Balaban J connectivity index is 2.01. The van der Waals surface area contributed by atoms with Crippen molar-refractivity contribution in [3.05, 3.63) is 53.6 Å². The highest BCUT2D eigenvalue weighted by molar-refractivity contribution is 5.94. The first-order chi connectivity index (χ1) is 11.1. The second-order valence-corrected chi connectivity index (χ2v) is 4.96. The molecular formula is C18H19NO4. The Labute approximate surface area is 135 Å². The molecule has 5 heteroatoms. The van der Waals surface area contributed by atoms with Gasteiger partial charge >= 0.3 is 0 Å². The highest BCUT2D eigenvalue weighted by atomic mass is 16.5. The van der Waals surface area contributed by atoms with Gasteiger partial charge in [-0.15, -0.1) is 0 Å². The van der Waals surface area contributed by atoms with Gasteiger partial charge < -0.3 is 14.8 Å². The lowest BCUT2D eigenvalue weighted by atomic mass is 10.2. The first kappa shape index (κ1) is 16.5. The molecule has 0 unspecified atom stereocenters. The fraction of sp³-hybridized carbons (Fsp3) is 0.222. The van der Waals surface area contributed by atoms with Crippen molar-refractivity contribution in [2.45, 2.75) is 13.8 Å². The van der Waals surface area contributed by atoms with E-state index in [0.717, 1.165) is 5.56 Å². The minimum absolute atomic E-state index is 0.125. The van der Waals surface area contributed by atoms with Gasteiger partial charge in [-0.2, -0.15) is 0 Å². The first-order valence-electron chi connectivity index (χ1n) is 7.33. The fourth-order valence-corrected chi connectivity index (χ4v) is 1.97. The molecule has 0 aliphatic heterocycles. The molecule has 23 heavy (non-hydrogen) atoms. The number of nitrogens with one attached hydrogen (secondary N) is 1. The molecule has 0 atom stereocenters. The molecule has 2 aromatic rings. The normalized spacial score (nSPS) is 10.0. The summed E-state index contributed by atoms with van der Waals surface area (Å²) in [6, 6.07) is 12.3. The van der Waals surface area contributed by atoms with E-state index in [1.807, 2.05) is 26.0 Å². The molecule has 0 heterocycles. The zero-order chi connectivity index (χ0) is 16.7. The van der Waals surface area contributed by atoms with Crippen molar-refractivity contribution < 1.29 is 19.1 Å². The summed E-state index contributed by atoms with van der Waals surface area (Å²) in [5.74, 6) is 0.814. The second kappa shape index (κ2) is 7.98. The van der Waals surface area contributed by atoms with Crippen LogP contribution in [0.25, 0.3) is 0 Å². The number of aldehydes is 1. The van der Waals surface area contributed by atoms with Gasteiger partial charge in [-0.25, -0.2) is 0 Å². The minimum Gasteiger partial charge on any atom is -0.492 e. The quantitative estimate of drug-likeness (QED) is 0.797. The van der Waals surface area contributed by atoms with Crippen LogP contribution in [-0.4, -0.2) is 25.4 Å². The van der Waals surface area contributed by atoms with Gasteiger partial charge in [0.05, 0.1) is 12.3 Å². The standard InChI is InChI=1S/C18H19NO4/c1-3-22-17-9-6-14(11-20)10-16(17)19-18(21)12-23-15-7-4-13(2)5-8-15/h4-11H,3,12H2,1-2H3,(H,19,21). The molecule has 0 radical (unpaired) electrons. The van der Waals surface area contributed by atoms with Crippen LogP contribution in [0.3, 0.4) is 0 Å². The summed E-state index contributed by atoms with van der Waals surface area (Å²) in [6.07, 6.45) is 0.716. The smallest absolute Gasteiger partial charge is 0.262 e. The number of aryl methyl sites for hydroxylation is 1. The Morgan fingerprint density at radius 2 is 1.87 bits per heavy atom. The van der Waals surface area contributed by atoms with E-state index in [4.69, 9.17) is 9.47 Å². The van der Waals surface area contributed by atoms with Gasteiger partial charge in [-0.1, -0.05) is 17.7 Å². The average Bonchev–Trinajstić information content (AvgIpc) is 2.56. The molecule has 1 N–H and O–H groups in total. The maximum Gasteiger partial charge on any atom is 0.262 e. The molecule has 0 spiro atoms. The molecule has 0 aliphatic carbocycles. The van der Waals surface area contributed by atoms with E-state index in [1.165, 1.54) is 0 Å². The molecule has 2 aromatic carbocycles. The summed E-state index contributed by atoms with van der Waals surface area (Å²) in [6.45, 7) is 4.16. The Morgan fingerprint density at radius 3 is 2.52 bits per heavy atom. The van der Waals surface area contributed by atoms with Crippen LogP contribution in [0.2, 0.25) is 0 Å². The summed E-state index contributed by atoms with van der Waals surface area (Å²) in [4.78, 5) is 22.9. The van der Waals surface area contributed by atoms with E-state index in [1.54, 1.807) is 30.3 Å². The number of carbonyl (C=O) groups is 2. The van der Waals surface area contributed by atoms with Crippen molar-refractivity contribution in [1.29, 1.82) is 0 Å². The fourth-order valence-electron chi connectivity index (χ4n) is 1.97. The van der Waals surface area contributed by atoms with Gasteiger partial charge in [-0.3, -0.25) is 9.59 Å². The first-order valence-corrected chi connectivity index (χ1v) is 7.33. The molecular weight excluding hydrogens is 294 g/mol. The van der Waals surface area contributed by atoms with Crippen molar-refractivity contribution in [3.8, 4) is 11.5 Å². The van der Waals surface area contributed by atoms with Gasteiger partial charge in [0.15, 0.2) is 6.61 Å². The summed E-state index contributed by atoms with van der Waals surface area (Å²) < 4.78 is 10.9. The number of amides is 1. The van der Waals surface area contributed by atoms with Crippen LogP contribution >= 0.6 is 0 Å². The van der Waals surface area contributed by atoms with Crippen molar-refractivity contribution >= 4 is 17.9 Å². The monoisotopic (exact) mass is 313 g/mol. The minimum atomic E-state index is -0.324. The third-order valence-corrected chi connectivity index (χ3v) is 3.10. The SMILES string of the molecule is CCOc1ccc(C=O)cc1NC(=O)COc1ccc(C)cc1. The maximum absolute atomic E-state index is 12.0. The lowest BCUT2D eigenvalue weighted by molar-refractivity contribution is -0.118. The number of rotatable bonds is 7. The van der Waals surface area contributed by atoms with Crippen LogP contribution in [0.5, 0.6) is 11.5 Å². The zero-order valence-corrected chi connectivity index (χ0v) is 13.2. The molecule has 5 nitrogen and oxygen atoms in total. The molecule has 0 aromatic heterocycles. The number of ether oxygens (including phenoxy) is 2. The predicted octanol–water partition coefficient (Wildman–Crippen LogP) is 3.22. The number of benzene rings is 2. The van der Waals surface area contributed by atoms with E-state index in [2.05, 4.69) is 5.32 Å². The molecule has 0 saturated carbocycles. The average molecular weight is 313 g/mol. The van der Waals surface area contributed by atoms with Gasteiger partial charge in [0.1, 0.15) is 17.8 Å². The van der Waals surface area contributed by atoms with Crippen molar-refractivity contribution in [3.63, 3.8) is 0 Å². The van der Waals surface area contributed by atoms with E-state index in [9.17, 15) is 9.59 Å². The molecule has 2 rings (SSSR count). The highest BCUT2D eigenvalue weighted by Crippen LogP contribution is 2.25. The molecule has 0 fully saturated rings. The van der Waals surface area contributed by atoms with Gasteiger partial charge in [0, 0.05) is 5.56 Å². The van der Waals surface area contributed by atoms with Crippen LogP contribution in [-0.2, 0) is 4.79 Å². The van der Waals surface area contributed by atoms with E-state index in [0.29, 0.717) is 35.6 Å². The molecule has 0 aliphatic rings. The van der Waals surface area contributed by atoms with Gasteiger partial charge in [-0.05, 0) is 44.2 Å². The van der Waals surface area contributed by atoms with Crippen molar-refractivity contribution in [2.75, 3.05) is 18.5 Å². The summed E-state index contributed by atoms with van der Waals surface area (Å²) >= 11 is 0. The zero-order valence-electron chi connectivity index (χ0n) is 13.2. The van der Waals surface area contributed by atoms with E-state index < -0.39 is 0 Å². The number of anilines is 1. The van der Waals surface area contributed by atoms with Crippen molar-refractivity contribution in [1.82, 2.24) is 0 Å². The van der Waals surface area contributed by atoms with Crippen LogP contribution in [0.15, 0.2) is 42.5 Å². The number of carbonyl (C=O) groups excluding carboxylic acids is 2. The third kappa shape index (κ3) is 4.85. The topological polar surface area (TPSA) is 64.6 Å². The van der Waals surface area contributed by atoms with Crippen LogP contribution in [0, 0.1) is 6.92 Å². The number of hydrogen-bond donors (Lipinski definition) is 1. The van der Waals surface area contributed by atoms with Crippen LogP contribution in [0.4, 0.5) is 5.69 Å². The Kier molecular flexibility index (Phi) is 5.74. The van der Waals surface area contributed by atoms with Crippen molar-refractivity contribution in [2.24, 2.45) is 0 Å². The van der Waals surface area contributed by atoms with E-state index >= 15 is 0 Å². The van der Waals surface area contributed by atoms with E-state index in [-0.39, 0.29) is 12.5 Å². The largest absolute Gasteiger partial charge is 0.492 e. The molecule has 0 saturated heterocycles. The highest BCUT2D eigenvalue weighted by Gasteiger charge is 2.10. The predicted molar refractivity (Wildman–Crippen MR) is 88.3 cm³/mol. The summed E-state index contributed by atoms with van der Waals surface area (Å²) in [5, 5.41) is 2.70. The molecule has 120 valence electrons. The van der Waals surface area contributed by atoms with Gasteiger partial charge in [0.2, 0.25) is 0 Å². The van der Waals surface area contributed by atoms with Crippen LogP contribution in [0.1, 0.15) is 22.8 Å². The Morgan fingerprint density at radius 1 is 1.13 bits per heavy atom. The summed E-state index contributed by atoms with van der Waals surface area (Å²) in [7, 11) is 0. The summed E-state index contributed by atoms with van der Waals surface area (Å²) in [5.41, 5.74) is 2.03. The Bertz CT molecular complexity index is 680. The molecule has 1 amide bonds. The second-order valence-electron chi connectivity index (χ2n) is 4.96. The molecule has 0 bridgehead atoms. The van der Waals surface area contributed by atoms with Crippen LogP contribution < -0.4 is 14.8 Å². The lowest BCUT2D eigenvalue weighted by Crippen LogP contribution is -2.20. The third-order valence-electron chi connectivity index (χ3n) is 3.10. The maximum atomic E-state index is 12.0. The van der Waals surface area contributed by atoms with Gasteiger partial charge in [0.25, 0.3) is 5.91 Å². The number of hydrogen-bond acceptors (Lipinski definition) is 4. The lowest BCUT2D eigenvalue weighted by Gasteiger charge is -2.12. The Hall–Kier alpha value is -2.82.